The van der Waals surface area contributed by atoms with Gasteiger partial charge in [-0.2, -0.15) is 0 Å². The average molecular weight is 355 g/mol. The molecule has 0 spiro atoms. The summed E-state index contributed by atoms with van der Waals surface area (Å²) < 4.78 is 23.7. The zero-order chi connectivity index (χ0) is 14.8. The third-order valence-electron chi connectivity index (χ3n) is 2.87. The third kappa shape index (κ3) is 3.80. The second-order valence-corrected chi connectivity index (χ2v) is 7.46. The SMILES string of the molecule is Cc1cc(NCc2ccc(S(C)(=O)=O)cc2)ncc1Br. The fourth-order valence-electron chi connectivity index (χ4n) is 1.68. The molecule has 0 radical (unpaired) electrons. The lowest BCUT2D eigenvalue weighted by Crippen LogP contribution is -2.02. The third-order valence-corrected chi connectivity index (χ3v) is 4.83. The number of nitrogens with zero attached hydrogens (tertiary/aromatic N) is 1. The van der Waals surface area contributed by atoms with Crippen LogP contribution in [0.25, 0.3) is 0 Å². The maximum absolute atomic E-state index is 11.4. The molecule has 1 aromatic heterocycles. The van der Waals surface area contributed by atoms with Crippen LogP contribution >= 0.6 is 15.9 Å². The maximum atomic E-state index is 11.4. The Balaban J connectivity index is 2.06. The van der Waals surface area contributed by atoms with Crippen LogP contribution < -0.4 is 5.32 Å². The lowest BCUT2D eigenvalue weighted by Gasteiger charge is -2.08. The molecule has 0 atom stereocenters. The molecule has 2 rings (SSSR count). The second kappa shape index (κ2) is 5.93. The van der Waals surface area contributed by atoms with Crippen molar-refractivity contribution >= 4 is 31.6 Å². The highest BCUT2D eigenvalue weighted by molar-refractivity contribution is 9.10. The van der Waals surface area contributed by atoms with Gasteiger partial charge in [-0.15, -0.1) is 0 Å². The average Bonchev–Trinajstić information content (AvgIpc) is 2.40. The van der Waals surface area contributed by atoms with E-state index < -0.39 is 9.84 Å². The van der Waals surface area contributed by atoms with Crippen LogP contribution in [-0.2, 0) is 16.4 Å². The summed E-state index contributed by atoms with van der Waals surface area (Å²) in [5.41, 5.74) is 2.11. The Kier molecular flexibility index (Phi) is 4.45. The highest BCUT2D eigenvalue weighted by Crippen LogP contribution is 2.18. The zero-order valence-corrected chi connectivity index (χ0v) is 13.6. The molecule has 0 unspecified atom stereocenters. The molecule has 1 N–H and O–H groups in total. The van der Waals surface area contributed by atoms with Crippen molar-refractivity contribution in [3.05, 3.63) is 52.1 Å². The van der Waals surface area contributed by atoms with E-state index in [1.54, 1.807) is 30.5 Å². The predicted molar refractivity (Wildman–Crippen MR) is 83.6 cm³/mol. The molecule has 0 aliphatic carbocycles. The van der Waals surface area contributed by atoms with Gasteiger partial charge in [0.05, 0.1) is 4.90 Å². The summed E-state index contributed by atoms with van der Waals surface area (Å²) >= 11 is 3.40. The number of halogens is 1. The number of rotatable bonds is 4. The molecule has 0 aliphatic heterocycles. The van der Waals surface area contributed by atoms with E-state index in [0.717, 1.165) is 21.4 Å². The standard InChI is InChI=1S/C14H15BrN2O2S/c1-10-7-14(17-9-13(10)15)16-8-11-3-5-12(6-4-11)20(2,18)19/h3-7,9H,8H2,1-2H3,(H,16,17). The normalized spacial score (nSPS) is 11.3. The van der Waals surface area contributed by atoms with E-state index in [9.17, 15) is 8.42 Å². The van der Waals surface area contributed by atoms with Gasteiger partial charge in [-0.1, -0.05) is 12.1 Å². The van der Waals surface area contributed by atoms with Gasteiger partial charge in [0.25, 0.3) is 0 Å². The molecule has 1 aromatic carbocycles. The predicted octanol–water partition coefficient (Wildman–Crippen LogP) is 3.17. The number of nitrogens with one attached hydrogen (secondary N) is 1. The molecule has 2 aromatic rings. The largest absolute Gasteiger partial charge is 0.366 e. The molecule has 1 heterocycles. The second-order valence-electron chi connectivity index (χ2n) is 4.59. The maximum Gasteiger partial charge on any atom is 0.175 e. The van der Waals surface area contributed by atoms with Gasteiger partial charge in [-0.05, 0) is 52.2 Å². The molecule has 0 bridgehead atoms. The van der Waals surface area contributed by atoms with E-state index in [-0.39, 0.29) is 0 Å². The van der Waals surface area contributed by atoms with E-state index in [1.807, 2.05) is 13.0 Å². The van der Waals surface area contributed by atoms with E-state index in [2.05, 4.69) is 26.2 Å². The summed E-state index contributed by atoms with van der Waals surface area (Å²) in [6.07, 6.45) is 2.96. The monoisotopic (exact) mass is 354 g/mol. The number of benzene rings is 1. The van der Waals surface area contributed by atoms with Crippen molar-refractivity contribution in [2.45, 2.75) is 18.4 Å². The topological polar surface area (TPSA) is 59.1 Å². The zero-order valence-electron chi connectivity index (χ0n) is 11.2. The van der Waals surface area contributed by atoms with Gasteiger partial charge in [0.15, 0.2) is 9.84 Å². The van der Waals surface area contributed by atoms with Gasteiger partial charge in [-0.3, -0.25) is 0 Å². The van der Waals surface area contributed by atoms with Gasteiger partial charge < -0.3 is 5.32 Å². The van der Waals surface area contributed by atoms with E-state index >= 15 is 0 Å². The molecular formula is C14H15BrN2O2S. The van der Waals surface area contributed by atoms with Gasteiger partial charge in [0.1, 0.15) is 5.82 Å². The Labute approximate surface area is 127 Å². The van der Waals surface area contributed by atoms with Crippen LogP contribution in [0.1, 0.15) is 11.1 Å². The van der Waals surface area contributed by atoms with Crippen LogP contribution in [0.3, 0.4) is 0 Å². The molecule has 20 heavy (non-hydrogen) atoms. The summed E-state index contributed by atoms with van der Waals surface area (Å²) in [5, 5.41) is 3.21. The molecule has 0 amide bonds. The van der Waals surface area contributed by atoms with Crippen molar-refractivity contribution in [2.75, 3.05) is 11.6 Å². The van der Waals surface area contributed by atoms with Crippen molar-refractivity contribution in [3.8, 4) is 0 Å². The quantitative estimate of drug-likeness (QED) is 0.915. The van der Waals surface area contributed by atoms with Crippen molar-refractivity contribution in [3.63, 3.8) is 0 Å². The van der Waals surface area contributed by atoms with E-state index in [4.69, 9.17) is 0 Å². The molecule has 0 fully saturated rings. The molecular weight excluding hydrogens is 340 g/mol. The van der Waals surface area contributed by atoms with Gasteiger partial charge >= 0.3 is 0 Å². The van der Waals surface area contributed by atoms with E-state index in [1.165, 1.54) is 6.26 Å². The molecule has 0 saturated heterocycles. The summed E-state index contributed by atoms with van der Waals surface area (Å²) in [5.74, 6) is 0.790. The first-order valence-corrected chi connectivity index (χ1v) is 8.70. The summed E-state index contributed by atoms with van der Waals surface area (Å²) in [6.45, 7) is 2.59. The Bertz CT molecular complexity index is 712. The molecule has 0 aliphatic rings. The fraction of sp³-hybridized carbons (Fsp3) is 0.214. The van der Waals surface area contributed by atoms with Crippen molar-refractivity contribution < 1.29 is 8.42 Å². The van der Waals surface area contributed by atoms with Crippen molar-refractivity contribution in [1.29, 1.82) is 0 Å². The van der Waals surface area contributed by atoms with Crippen LogP contribution in [-0.4, -0.2) is 19.7 Å². The van der Waals surface area contributed by atoms with Crippen molar-refractivity contribution in [2.24, 2.45) is 0 Å². The van der Waals surface area contributed by atoms with Crippen LogP contribution in [0.15, 0.2) is 45.9 Å². The fourth-order valence-corrected chi connectivity index (χ4v) is 2.53. The first-order chi connectivity index (χ1) is 9.36. The number of aromatic nitrogens is 1. The Hall–Kier alpha value is -1.40. The number of anilines is 1. The lowest BCUT2D eigenvalue weighted by atomic mass is 10.2. The summed E-state index contributed by atoms with van der Waals surface area (Å²) in [4.78, 5) is 4.59. The smallest absolute Gasteiger partial charge is 0.175 e. The number of aryl methyl sites for hydroxylation is 1. The van der Waals surface area contributed by atoms with Crippen molar-refractivity contribution in [1.82, 2.24) is 4.98 Å². The lowest BCUT2D eigenvalue weighted by molar-refractivity contribution is 0.602. The Morgan fingerprint density at radius 2 is 1.90 bits per heavy atom. The molecule has 4 nitrogen and oxygen atoms in total. The van der Waals surface area contributed by atoms with Crippen LogP contribution in [0.2, 0.25) is 0 Å². The number of hydrogen-bond acceptors (Lipinski definition) is 4. The van der Waals surface area contributed by atoms with Crippen LogP contribution in [0.5, 0.6) is 0 Å². The molecule has 106 valence electrons. The van der Waals surface area contributed by atoms with Gasteiger partial charge in [-0.25, -0.2) is 13.4 Å². The number of hydrogen-bond donors (Lipinski definition) is 1. The first-order valence-electron chi connectivity index (χ1n) is 6.01. The van der Waals surface area contributed by atoms with Gasteiger partial charge in [0, 0.05) is 23.5 Å². The summed E-state index contributed by atoms with van der Waals surface area (Å²) in [6, 6.07) is 8.79. The number of sulfone groups is 1. The minimum absolute atomic E-state index is 0.332. The Morgan fingerprint density at radius 3 is 2.45 bits per heavy atom. The Morgan fingerprint density at radius 1 is 1.25 bits per heavy atom. The number of pyridine rings is 1. The highest BCUT2D eigenvalue weighted by atomic mass is 79.9. The first kappa shape index (κ1) is 15.0. The minimum Gasteiger partial charge on any atom is -0.366 e. The van der Waals surface area contributed by atoms with E-state index in [0.29, 0.717) is 11.4 Å². The van der Waals surface area contributed by atoms with Gasteiger partial charge in [0.2, 0.25) is 0 Å². The van der Waals surface area contributed by atoms with Crippen LogP contribution in [0.4, 0.5) is 5.82 Å². The molecule has 6 heteroatoms. The summed E-state index contributed by atoms with van der Waals surface area (Å²) in [7, 11) is -3.14. The highest BCUT2D eigenvalue weighted by Gasteiger charge is 2.06. The molecule has 0 saturated carbocycles. The van der Waals surface area contributed by atoms with Crippen LogP contribution in [0, 0.1) is 6.92 Å². The minimum atomic E-state index is -3.14.